The van der Waals surface area contributed by atoms with Crippen molar-refractivity contribution in [2.45, 2.75) is 45.2 Å². The molecule has 0 bridgehead atoms. The van der Waals surface area contributed by atoms with Gasteiger partial charge in [-0.05, 0) is 32.3 Å². The lowest BCUT2D eigenvalue weighted by Crippen LogP contribution is -2.41. The third kappa shape index (κ3) is 3.33. The number of fused-ring (bicyclic) bond motifs is 1. The monoisotopic (exact) mass is 316 g/mol. The number of carboxylic acids is 1. The summed E-state index contributed by atoms with van der Waals surface area (Å²) in [6.45, 7) is 4.01. The summed E-state index contributed by atoms with van der Waals surface area (Å²) < 4.78 is 1.78. The average molecular weight is 316 g/mol. The summed E-state index contributed by atoms with van der Waals surface area (Å²) in [7, 11) is 0. The van der Waals surface area contributed by atoms with Gasteiger partial charge in [0, 0.05) is 17.6 Å². The van der Waals surface area contributed by atoms with Gasteiger partial charge in [0.2, 0.25) is 0 Å². The molecule has 1 aliphatic carbocycles. The standard InChI is InChI=1S/C16H20N4O3/c1-9(2)20-14-11(8-18-20)6-12(7-17-14)15(21)19-13(16(22)23)5-10-3-4-10/h6-10,13H,3-5H2,1-2H3,(H,19,21)(H,22,23). The molecule has 2 aromatic rings. The molecule has 2 aromatic heterocycles. The summed E-state index contributed by atoms with van der Waals surface area (Å²) in [5.74, 6) is -0.988. The first kappa shape index (κ1) is 15.5. The van der Waals surface area contributed by atoms with E-state index in [-0.39, 0.29) is 6.04 Å². The summed E-state index contributed by atoms with van der Waals surface area (Å²) in [5.41, 5.74) is 1.06. The smallest absolute Gasteiger partial charge is 0.326 e. The Morgan fingerprint density at radius 3 is 2.74 bits per heavy atom. The second kappa shape index (κ2) is 5.98. The van der Waals surface area contributed by atoms with Gasteiger partial charge >= 0.3 is 5.97 Å². The van der Waals surface area contributed by atoms with Crippen LogP contribution in [0.25, 0.3) is 11.0 Å². The van der Waals surface area contributed by atoms with Crippen molar-refractivity contribution in [3.8, 4) is 0 Å². The number of carbonyl (C=O) groups is 2. The molecular weight excluding hydrogens is 296 g/mol. The van der Waals surface area contributed by atoms with E-state index in [0.29, 0.717) is 23.5 Å². The van der Waals surface area contributed by atoms with Gasteiger partial charge in [0.1, 0.15) is 6.04 Å². The van der Waals surface area contributed by atoms with E-state index >= 15 is 0 Å². The maximum absolute atomic E-state index is 12.3. The van der Waals surface area contributed by atoms with E-state index in [2.05, 4.69) is 15.4 Å². The molecule has 7 nitrogen and oxygen atoms in total. The minimum Gasteiger partial charge on any atom is -0.480 e. The van der Waals surface area contributed by atoms with E-state index in [4.69, 9.17) is 0 Å². The highest BCUT2D eigenvalue weighted by molar-refractivity contribution is 5.98. The predicted molar refractivity (Wildman–Crippen MR) is 84.1 cm³/mol. The van der Waals surface area contributed by atoms with E-state index < -0.39 is 17.9 Å². The highest BCUT2D eigenvalue weighted by Gasteiger charge is 2.30. The van der Waals surface area contributed by atoms with Crippen molar-refractivity contribution in [1.82, 2.24) is 20.1 Å². The Kier molecular flexibility index (Phi) is 4.02. The van der Waals surface area contributed by atoms with Crippen molar-refractivity contribution in [1.29, 1.82) is 0 Å². The van der Waals surface area contributed by atoms with Crippen LogP contribution < -0.4 is 5.32 Å². The third-order valence-electron chi connectivity index (χ3n) is 4.05. The normalized spacial score (nSPS) is 15.8. The zero-order chi connectivity index (χ0) is 16.6. The van der Waals surface area contributed by atoms with Crippen LogP contribution in [0, 0.1) is 5.92 Å². The predicted octanol–water partition coefficient (Wildman–Crippen LogP) is 2.00. The molecule has 7 heteroatoms. The Morgan fingerprint density at radius 1 is 1.39 bits per heavy atom. The Hall–Kier alpha value is -2.44. The van der Waals surface area contributed by atoms with Gasteiger partial charge in [0.25, 0.3) is 5.91 Å². The molecule has 1 atom stereocenters. The van der Waals surface area contributed by atoms with Crippen molar-refractivity contribution >= 4 is 22.9 Å². The lowest BCUT2D eigenvalue weighted by molar-refractivity contribution is -0.139. The number of amides is 1. The molecule has 122 valence electrons. The van der Waals surface area contributed by atoms with Crippen LogP contribution in [0.2, 0.25) is 0 Å². The van der Waals surface area contributed by atoms with Gasteiger partial charge in [-0.15, -0.1) is 0 Å². The molecule has 23 heavy (non-hydrogen) atoms. The number of rotatable bonds is 6. The highest BCUT2D eigenvalue weighted by Crippen LogP contribution is 2.33. The molecule has 1 aliphatic rings. The average Bonchev–Trinajstić information content (AvgIpc) is 3.21. The molecule has 2 heterocycles. The fraction of sp³-hybridized carbons (Fsp3) is 0.500. The molecule has 0 aliphatic heterocycles. The maximum Gasteiger partial charge on any atom is 0.326 e. The fourth-order valence-corrected chi connectivity index (χ4v) is 2.59. The molecular formula is C16H20N4O3. The lowest BCUT2D eigenvalue weighted by atomic mass is 10.1. The Morgan fingerprint density at radius 2 is 2.13 bits per heavy atom. The van der Waals surface area contributed by atoms with Gasteiger partial charge < -0.3 is 10.4 Å². The first-order valence-electron chi connectivity index (χ1n) is 7.82. The van der Waals surface area contributed by atoms with Gasteiger partial charge in [0.15, 0.2) is 5.65 Å². The van der Waals surface area contributed by atoms with Gasteiger partial charge in [-0.1, -0.05) is 12.8 Å². The number of hydrogen-bond donors (Lipinski definition) is 2. The van der Waals surface area contributed by atoms with Crippen molar-refractivity contribution in [3.05, 3.63) is 24.0 Å². The Labute approximate surface area is 133 Å². The maximum atomic E-state index is 12.3. The quantitative estimate of drug-likeness (QED) is 0.849. The van der Waals surface area contributed by atoms with Crippen molar-refractivity contribution in [2.75, 3.05) is 0 Å². The van der Waals surface area contributed by atoms with E-state index in [1.165, 1.54) is 6.20 Å². The number of carboxylic acid groups (broad SMARTS) is 1. The highest BCUT2D eigenvalue weighted by atomic mass is 16.4. The van der Waals surface area contributed by atoms with Gasteiger partial charge in [0.05, 0.1) is 11.8 Å². The number of carbonyl (C=O) groups excluding carboxylic acids is 1. The molecule has 0 spiro atoms. The van der Waals surface area contributed by atoms with Gasteiger partial charge in [-0.25, -0.2) is 14.5 Å². The zero-order valence-corrected chi connectivity index (χ0v) is 13.2. The van der Waals surface area contributed by atoms with Crippen LogP contribution in [-0.4, -0.2) is 37.8 Å². The molecule has 0 radical (unpaired) electrons. The van der Waals surface area contributed by atoms with Crippen LogP contribution in [0.5, 0.6) is 0 Å². The summed E-state index contributed by atoms with van der Waals surface area (Å²) in [6, 6.07) is 1.03. The second-order valence-corrected chi connectivity index (χ2v) is 6.36. The molecule has 1 amide bonds. The van der Waals surface area contributed by atoms with Crippen LogP contribution in [0.1, 0.15) is 49.5 Å². The number of nitrogens with one attached hydrogen (secondary N) is 1. The van der Waals surface area contributed by atoms with Crippen LogP contribution in [-0.2, 0) is 4.79 Å². The summed E-state index contributed by atoms with van der Waals surface area (Å²) >= 11 is 0. The van der Waals surface area contributed by atoms with E-state index in [9.17, 15) is 14.7 Å². The number of aromatic nitrogens is 3. The van der Waals surface area contributed by atoms with Crippen molar-refractivity contribution in [2.24, 2.45) is 5.92 Å². The van der Waals surface area contributed by atoms with Crippen LogP contribution >= 0.6 is 0 Å². The lowest BCUT2D eigenvalue weighted by Gasteiger charge is -2.14. The molecule has 0 saturated heterocycles. The van der Waals surface area contributed by atoms with Crippen LogP contribution in [0.4, 0.5) is 0 Å². The number of pyridine rings is 1. The topological polar surface area (TPSA) is 97.1 Å². The molecule has 1 unspecified atom stereocenters. The fourth-order valence-electron chi connectivity index (χ4n) is 2.59. The van der Waals surface area contributed by atoms with Crippen molar-refractivity contribution < 1.29 is 14.7 Å². The number of hydrogen-bond acceptors (Lipinski definition) is 4. The molecule has 1 saturated carbocycles. The van der Waals surface area contributed by atoms with Gasteiger partial charge in [-0.3, -0.25) is 4.79 Å². The first-order chi connectivity index (χ1) is 11.0. The van der Waals surface area contributed by atoms with E-state index in [1.807, 2.05) is 13.8 Å². The van der Waals surface area contributed by atoms with E-state index in [1.54, 1.807) is 16.9 Å². The third-order valence-corrected chi connectivity index (χ3v) is 4.05. The summed E-state index contributed by atoms with van der Waals surface area (Å²) in [6.07, 6.45) is 5.71. The van der Waals surface area contributed by atoms with Crippen LogP contribution in [0.3, 0.4) is 0 Å². The first-order valence-corrected chi connectivity index (χ1v) is 7.82. The van der Waals surface area contributed by atoms with E-state index in [0.717, 1.165) is 18.2 Å². The Balaban J connectivity index is 1.78. The largest absolute Gasteiger partial charge is 0.480 e. The molecule has 1 fully saturated rings. The molecule has 2 N–H and O–H groups in total. The van der Waals surface area contributed by atoms with Crippen molar-refractivity contribution in [3.63, 3.8) is 0 Å². The number of nitrogens with zero attached hydrogens (tertiary/aromatic N) is 3. The van der Waals surface area contributed by atoms with Crippen LogP contribution in [0.15, 0.2) is 18.5 Å². The molecule has 3 rings (SSSR count). The van der Waals surface area contributed by atoms with Gasteiger partial charge in [-0.2, -0.15) is 5.10 Å². The summed E-state index contributed by atoms with van der Waals surface area (Å²) in [4.78, 5) is 27.9. The SMILES string of the molecule is CC(C)n1ncc2cc(C(=O)NC(CC3CC3)C(=O)O)cnc21. The Bertz CT molecular complexity index is 749. The molecule has 0 aromatic carbocycles. The minimum atomic E-state index is -0.994. The number of aliphatic carboxylic acids is 1. The minimum absolute atomic E-state index is 0.176. The summed E-state index contributed by atoms with van der Waals surface area (Å²) in [5, 5.41) is 16.9. The zero-order valence-electron chi connectivity index (χ0n) is 13.2. The second-order valence-electron chi connectivity index (χ2n) is 6.36.